The maximum absolute atomic E-state index is 12.4. The lowest BCUT2D eigenvalue weighted by Gasteiger charge is -2.25. The molecule has 25 heavy (non-hydrogen) atoms. The number of nitrogens with one attached hydrogen (secondary N) is 1. The van der Waals surface area contributed by atoms with E-state index in [9.17, 15) is 14.4 Å². The minimum absolute atomic E-state index is 0.0116. The van der Waals surface area contributed by atoms with Crippen LogP contribution in [-0.4, -0.2) is 30.6 Å². The number of aromatic nitrogens is 1. The van der Waals surface area contributed by atoms with Gasteiger partial charge in [0.1, 0.15) is 11.5 Å². The second kappa shape index (κ2) is 6.80. The average molecular weight is 343 g/mol. The largest absolute Gasteiger partial charge is 0.482 e. The van der Waals surface area contributed by atoms with Crippen molar-refractivity contribution in [2.75, 3.05) is 13.7 Å². The monoisotopic (exact) mass is 343 g/mol. The fraction of sp³-hybridized carbons (Fsp3) is 0.278. The Hall–Kier alpha value is -3.09. The summed E-state index contributed by atoms with van der Waals surface area (Å²) >= 11 is 0. The van der Waals surface area contributed by atoms with Crippen LogP contribution in [0.25, 0.3) is 0 Å². The van der Waals surface area contributed by atoms with Gasteiger partial charge in [0.25, 0.3) is 5.56 Å². The molecule has 0 saturated heterocycles. The molecule has 130 valence electrons. The lowest BCUT2D eigenvalue weighted by Crippen LogP contribution is -2.28. The maximum atomic E-state index is 12.4. The fourth-order valence-electron chi connectivity index (χ4n) is 2.88. The number of benzene rings is 1. The highest BCUT2D eigenvalue weighted by Crippen LogP contribution is 2.40. The fourth-order valence-corrected chi connectivity index (χ4v) is 2.88. The molecular formula is C18H17NO6. The molecule has 0 unspecified atom stereocenters. The Bertz CT molecular complexity index is 885. The van der Waals surface area contributed by atoms with Gasteiger partial charge < -0.3 is 19.2 Å². The molecule has 1 aromatic heterocycles. The third-order valence-corrected chi connectivity index (χ3v) is 3.98. The molecule has 0 spiro atoms. The van der Waals surface area contributed by atoms with E-state index in [2.05, 4.69) is 9.72 Å². The number of methoxy groups -OCH3 is 1. The maximum Gasteiger partial charge on any atom is 0.343 e. The van der Waals surface area contributed by atoms with E-state index in [1.807, 2.05) is 0 Å². The minimum atomic E-state index is -0.522. The number of aromatic amines is 1. The van der Waals surface area contributed by atoms with Crippen LogP contribution in [0.4, 0.5) is 0 Å². The van der Waals surface area contributed by atoms with Crippen LogP contribution >= 0.6 is 0 Å². The molecular weight excluding hydrogens is 326 g/mol. The predicted molar refractivity (Wildman–Crippen MR) is 87.8 cm³/mol. The summed E-state index contributed by atoms with van der Waals surface area (Å²) in [5.74, 6) is -0.796. The topological polar surface area (TPSA) is 94.7 Å². The van der Waals surface area contributed by atoms with E-state index in [1.54, 1.807) is 37.3 Å². The van der Waals surface area contributed by atoms with Gasteiger partial charge in [-0.1, -0.05) is 18.2 Å². The van der Waals surface area contributed by atoms with Crippen molar-refractivity contribution in [2.24, 2.45) is 0 Å². The number of H-pyrrole nitrogens is 1. The predicted octanol–water partition coefficient (Wildman–Crippen LogP) is 1.68. The Morgan fingerprint density at radius 2 is 2.08 bits per heavy atom. The molecule has 3 rings (SSSR count). The van der Waals surface area contributed by atoms with Crippen molar-refractivity contribution in [3.05, 3.63) is 57.5 Å². The van der Waals surface area contributed by atoms with Gasteiger partial charge in [0.15, 0.2) is 6.61 Å². The highest BCUT2D eigenvalue weighted by molar-refractivity contribution is 5.78. The summed E-state index contributed by atoms with van der Waals surface area (Å²) in [5, 5.41) is 0. The summed E-state index contributed by atoms with van der Waals surface area (Å²) in [5.41, 5.74) is 1.31. The van der Waals surface area contributed by atoms with Crippen LogP contribution in [0.15, 0.2) is 35.1 Å². The lowest BCUT2D eigenvalue weighted by molar-refractivity contribution is -0.143. The third kappa shape index (κ3) is 3.40. The van der Waals surface area contributed by atoms with Crippen LogP contribution in [-0.2, 0) is 14.3 Å². The second-order valence-corrected chi connectivity index (χ2v) is 5.69. The number of hydrogen-bond donors (Lipinski definition) is 1. The zero-order valence-corrected chi connectivity index (χ0v) is 13.8. The number of esters is 2. The van der Waals surface area contributed by atoms with Crippen LogP contribution < -0.4 is 15.0 Å². The van der Waals surface area contributed by atoms with Gasteiger partial charge >= 0.3 is 11.9 Å². The van der Waals surface area contributed by atoms with E-state index >= 15 is 0 Å². The standard InChI is InChI=1S/C18H17NO6/c1-10-7-14-17(18(22)19-10)12(8-15(20)25-14)11-5-3-4-6-13(11)24-9-16(21)23-2/h3-7,12H,8-9H2,1-2H3,(H,19,22)/t12-/m1/s1. The Morgan fingerprint density at radius 3 is 2.84 bits per heavy atom. The van der Waals surface area contributed by atoms with E-state index in [-0.39, 0.29) is 24.3 Å². The molecule has 0 saturated carbocycles. The van der Waals surface area contributed by atoms with Crippen molar-refractivity contribution in [2.45, 2.75) is 19.3 Å². The molecule has 1 aromatic carbocycles. The summed E-state index contributed by atoms with van der Waals surface area (Å²) < 4.78 is 15.3. The molecule has 1 aliphatic rings. The minimum Gasteiger partial charge on any atom is -0.482 e. The highest BCUT2D eigenvalue weighted by atomic mass is 16.6. The van der Waals surface area contributed by atoms with Crippen molar-refractivity contribution < 1.29 is 23.8 Å². The molecule has 0 aliphatic carbocycles. The number of ether oxygens (including phenoxy) is 3. The molecule has 0 bridgehead atoms. The molecule has 0 radical (unpaired) electrons. The summed E-state index contributed by atoms with van der Waals surface area (Å²) in [7, 11) is 1.27. The van der Waals surface area contributed by atoms with Crippen molar-refractivity contribution in [1.82, 2.24) is 4.98 Å². The Morgan fingerprint density at radius 1 is 1.32 bits per heavy atom. The van der Waals surface area contributed by atoms with Crippen LogP contribution in [0.2, 0.25) is 0 Å². The van der Waals surface area contributed by atoms with Gasteiger partial charge in [-0.25, -0.2) is 4.79 Å². The second-order valence-electron chi connectivity index (χ2n) is 5.69. The van der Waals surface area contributed by atoms with E-state index in [0.717, 1.165) is 0 Å². The van der Waals surface area contributed by atoms with Crippen molar-refractivity contribution in [3.63, 3.8) is 0 Å². The van der Waals surface area contributed by atoms with Gasteiger partial charge in [-0.05, 0) is 13.0 Å². The summed E-state index contributed by atoms with van der Waals surface area (Å²) in [6.07, 6.45) is 0.0116. The number of carbonyl (C=O) groups excluding carboxylic acids is 2. The average Bonchev–Trinajstić information content (AvgIpc) is 2.58. The van der Waals surface area contributed by atoms with Crippen LogP contribution in [0.3, 0.4) is 0 Å². The van der Waals surface area contributed by atoms with Crippen molar-refractivity contribution >= 4 is 11.9 Å². The number of rotatable bonds is 4. The molecule has 1 N–H and O–H groups in total. The molecule has 7 nitrogen and oxygen atoms in total. The first kappa shape index (κ1) is 16.8. The van der Waals surface area contributed by atoms with Gasteiger partial charge in [0, 0.05) is 23.2 Å². The normalized spacial score (nSPS) is 15.9. The highest BCUT2D eigenvalue weighted by Gasteiger charge is 2.33. The molecule has 0 amide bonds. The number of para-hydroxylation sites is 1. The SMILES string of the molecule is COC(=O)COc1ccccc1[C@H]1CC(=O)Oc2cc(C)[nH]c(=O)c21. The third-order valence-electron chi connectivity index (χ3n) is 3.98. The molecule has 1 aliphatic heterocycles. The quantitative estimate of drug-likeness (QED) is 0.849. The zero-order valence-electron chi connectivity index (χ0n) is 13.8. The summed E-state index contributed by atoms with van der Waals surface area (Å²) in [4.78, 5) is 38.5. The number of pyridine rings is 1. The van der Waals surface area contributed by atoms with Crippen LogP contribution in [0, 0.1) is 6.92 Å². The number of aryl methyl sites for hydroxylation is 1. The van der Waals surface area contributed by atoms with Crippen LogP contribution in [0.5, 0.6) is 11.5 Å². The first-order valence-corrected chi connectivity index (χ1v) is 7.72. The summed E-state index contributed by atoms with van der Waals surface area (Å²) in [6, 6.07) is 8.60. The number of hydrogen-bond acceptors (Lipinski definition) is 6. The van der Waals surface area contributed by atoms with E-state index in [1.165, 1.54) is 7.11 Å². The molecule has 2 aromatic rings. The van der Waals surface area contributed by atoms with Crippen molar-refractivity contribution in [3.8, 4) is 11.5 Å². The molecule has 7 heteroatoms. The van der Waals surface area contributed by atoms with E-state index in [4.69, 9.17) is 9.47 Å². The molecule has 2 heterocycles. The van der Waals surface area contributed by atoms with Crippen molar-refractivity contribution in [1.29, 1.82) is 0 Å². The Labute approximate surface area is 143 Å². The first-order valence-electron chi connectivity index (χ1n) is 7.72. The smallest absolute Gasteiger partial charge is 0.343 e. The van der Waals surface area contributed by atoms with Gasteiger partial charge in [-0.3, -0.25) is 9.59 Å². The lowest BCUT2D eigenvalue weighted by atomic mass is 9.86. The van der Waals surface area contributed by atoms with Gasteiger partial charge in [-0.15, -0.1) is 0 Å². The Kier molecular flexibility index (Phi) is 4.56. The zero-order chi connectivity index (χ0) is 18.0. The van der Waals surface area contributed by atoms with Crippen LogP contribution in [0.1, 0.15) is 29.2 Å². The van der Waals surface area contributed by atoms with Gasteiger partial charge in [0.2, 0.25) is 0 Å². The molecule has 1 atom stereocenters. The van der Waals surface area contributed by atoms with E-state index in [0.29, 0.717) is 22.6 Å². The van der Waals surface area contributed by atoms with E-state index < -0.39 is 17.9 Å². The number of fused-ring (bicyclic) bond motifs is 1. The first-order chi connectivity index (χ1) is 12.0. The van der Waals surface area contributed by atoms with Gasteiger partial charge in [0.05, 0.1) is 19.1 Å². The molecule has 0 fully saturated rings. The Balaban J connectivity index is 2.05. The summed E-state index contributed by atoms with van der Waals surface area (Å²) in [6.45, 7) is 1.45. The number of carbonyl (C=O) groups is 2. The van der Waals surface area contributed by atoms with Gasteiger partial charge in [-0.2, -0.15) is 0 Å².